The van der Waals surface area contributed by atoms with E-state index in [0.717, 1.165) is 13.0 Å². The van der Waals surface area contributed by atoms with Gasteiger partial charge in [-0.15, -0.1) is 0 Å². The maximum Gasteiger partial charge on any atom is 0.241 e. The van der Waals surface area contributed by atoms with Gasteiger partial charge in [-0.3, -0.25) is 9.69 Å². The van der Waals surface area contributed by atoms with E-state index in [4.69, 9.17) is 0 Å². The summed E-state index contributed by atoms with van der Waals surface area (Å²) in [4.78, 5) is 14.8. The van der Waals surface area contributed by atoms with Gasteiger partial charge in [-0.25, -0.2) is 4.39 Å². The summed E-state index contributed by atoms with van der Waals surface area (Å²) in [5.74, 6) is -0.682. The van der Waals surface area contributed by atoms with Crippen molar-refractivity contribution in [3.05, 3.63) is 65.6 Å². The smallest absolute Gasteiger partial charge is 0.241 e. The highest BCUT2D eigenvalue weighted by molar-refractivity contribution is 5.96. The van der Waals surface area contributed by atoms with Gasteiger partial charge >= 0.3 is 0 Å². The average molecular weight is 367 g/mol. The quantitative estimate of drug-likeness (QED) is 0.729. The number of nitrogens with one attached hydrogen (secondary N) is 1. The Morgan fingerprint density at radius 3 is 2.81 bits per heavy atom. The van der Waals surface area contributed by atoms with Gasteiger partial charge in [-0.1, -0.05) is 24.3 Å². The second kappa shape index (κ2) is 7.13. The lowest BCUT2D eigenvalue weighted by atomic mass is 10.00. The number of likely N-dealkylation sites (tertiary alicyclic amines) is 1. The molecule has 5 nitrogen and oxygen atoms in total. The van der Waals surface area contributed by atoms with E-state index in [0.29, 0.717) is 12.2 Å². The van der Waals surface area contributed by atoms with Gasteiger partial charge in [0.2, 0.25) is 5.91 Å². The van der Waals surface area contributed by atoms with E-state index in [1.165, 1.54) is 28.6 Å². The van der Waals surface area contributed by atoms with Crippen molar-refractivity contribution < 1.29 is 14.3 Å². The molecule has 0 saturated carbocycles. The van der Waals surface area contributed by atoms with Crippen molar-refractivity contribution in [3.63, 3.8) is 0 Å². The number of fused-ring (bicyclic) bond motifs is 1. The highest BCUT2D eigenvalue weighted by Crippen LogP contribution is 2.27. The van der Waals surface area contributed by atoms with E-state index >= 15 is 0 Å². The second-order valence-corrected chi connectivity index (χ2v) is 6.97. The van der Waals surface area contributed by atoms with Gasteiger partial charge in [0.15, 0.2) is 0 Å². The molecule has 0 radical (unpaired) electrons. The second-order valence-electron chi connectivity index (χ2n) is 6.97. The summed E-state index contributed by atoms with van der Waals surface area (Å²) in [7, 11) is 2.02. The molecule has 0 bridgehead atoms. The van der Waals surface area contributed by atoms with Gasteiger partial charge in [0.25, 0.3) is 0 Å². The first-order valence-corrected chi connectivity index (χ1v) is 9.04. The zero-order chi connectivity index (χ0) is 19.0. The Morgan fingerprint density at radius 2 is 2.07 bits per heavy atom. The third-order valence-electron chi connectivity index (χ3n) is 5.32. The molecule has 1 aromatic heterocycles. The van der Waals surface area contributed by atoms with Gasteiger partial charge < -0.3 is 15.0 Å². The first kappa shape index (κ1) is 17.7. The first-order chi connectivity index (χ1) is 13.1. The fourth-order valence-corrected chi connectivity index (χ4v) is 3.75. The molecule has 2 aromatic carbocycles. The molecule has 1 unspecified atom stereocenters. The third kappa shape index (κ3) is 3.22. The Hall–Kier alpha value is -2.70. The number of aryl methyl sites for hydroxylation is 1. The molecule has 140 valence electrons. The van der Waals surface area contributed by atoms with Crippen LogP contribution in [-0.4, -0.2) is 33.1 Å². The Morgan fingerprint density at radius 1 is 1.26 bits per heavy atom. The lowest BCUT2D eigenvalue weighted by Crippen LogP contribution is -2.53. The van der Waals surface area contributed by atoms with Crippen LogP contribution in [-0.2, 0) is 25.0 Å². The van der Waals surface area contributed by atoms with Crippen LogP contribution in [0.2, 0.25) is 0 Å². The van der Waals surface area contributed by atoms with Crippen molar-refractivity contribution in [1.82, 2.24) is 9.47 Å². The molecule has 1 amide bonds. The van der Waals surface area contributed by atoms with Gasteiger partial charge in [0.1, 0.15) is 5.82 Å². The van der Waals surface area contributed by atoms with E-state index in [-0.39, 0.29) is 17.5 Å². The minimum Gasteiger partial charge on any atom is -0.391 e. The molecule has 1 aliphatic rings. The number of carbonyl (C=O) groups is 1. The molecule has 1 saturated heterocycles. The minimum atomic E-state index is -0.517. The summed E-state index contributed by atoms with van der Waals surface area (Å²) in [6, 6.07) is 12.4. The van der Waals surface area contributed by atoms with E-state index in [2.05, 4.69) is 33.1 Å². The highest BCUT2D eigenvalue weighted by Gasteiger charge is 2.34. The number of carbonyl (C=O) groups excluding carboxylic acids is 1. The van der Waals surface area contributed by atoms with E-state index in [1.807, 2.05) is 19.2 Å². The van der Waals surface area contributed by atoms with Gasteiger partial charge in [-0.2, -0.15) is 0 Å². The standard InChI is InChI=1S/C21H22FN3O2/c1-24-11-14(15-5-2-3-8-19(15)24)12-25-10-9-20(25)21(27)23-18-7-4-6-17(22)16(18)13-26/h2-8,11,20,26H,9-10,12-13H2,1H3,(H,23,27). The molecule has 3 aromatic rings. The third-order valence-corrected chi connectivity index (χ3v) is 5.32. The predicted octanol–water partition coefficient (Wildman–Crippen LogP) is 3.02. The number of hydrogen-bond acceptors (Lipinski definition) is 3. The number of aromatic nitrogens is 1. The Kier molecular flexibility index (Phi) is 4.68. The number of hydrogen-bond donors (Lipinski definition) is 2. The Labute approximate surface area is 157 Å². The molecule has 1 fully saturated rings. The fraction of sp³-hybridized carbons (Fsp3) is 0.286. The van der Waals surface area contributed by atoms with Crippen molar-refractivity contribution in [2.75, 3.05) is 11.9 Å². The number of rotatable bonds is 5. The number of anilines is 1. The summed E-state index contributed by atoms with van der Waals surface area (Å²) in [6.45, 7) is 1.08. The number of para-hydroxylation sites is 1. The van der Waals surface area contributed by atoms with E-state index in [1.54, 1.807) is 6.07 Å². The molecule has 0 aliphatic carbocycles. The molecule has 27 heavy (non-hydrogen) atoms. The van der Waals surface area contributed by atoms with Crippen molar-refractivity contribution in [2.24, 2.45) is 7.05 Å². The molecule has 1 atom stereocenters. The van der Waals surface area contributed by atoms with Crippen LogP contribution >= 0.6 is 0 Å². The molecule has 6 heteroatoms. The van der Waals surface area contributed by atoms with Crippen LogP contribution in [0.15, 0.2) is 48.7 Å². The molecule has 2 N–H and O–H groups in total. The lowest BCUT2D eigenvalue weighted by Gasteiger charge is -2.39. The molecular weight excluding hydrogens is 345 g/mol. The van der Waals surface area contributed by atoms with Crippen LogP contribution in [0.4, 0.5) is 10.1 Å². The summed E-state index contributed by atoms with van der Waals surface area (Å²) in [5, 5.41) is 13.3. The van der Waals surface area contributed by atoms with Gasteiger partial charge in [0.05, 0.1) is 12.6 Å². The summed E-state index contributed by atoms with van der Waals surface area (Å²) in [6.07, 6.45) is 2.87. The Balaban J connectivity index is 1.49. The van der Waals surface area contributed by atoms with Crippen LogP contribution in [0.25, 0.3) is 10.9 Å². The maximum atomic E-state index is 13.8. The monoisotopic (exact) mass is 367 g/mol. The summed E-state index contributed by atoms with van der Waals surface area (Å²) >= 11 is 0. The summed E-state index contributed by atoms with van der Waals surface area (Å²) in [5.41, 5.74) is 2.80. The van der Waals surface area contributed by atoms with Crippen LogP contribution in [0, 0.1) is 5.82 Å². The number of aliphatic hydroxyl groups excluding tert-OH is 1. The van der Waals surface area contributed by atoms with Crippen LogP contribution < -0.4 is 5.32 Å². The van der Waals surface area contributed by atoms with E-state index in [9.17, 15) is 14.3 Å². The average Bonchev–Trinajstić information content (AvgIpc) is 2.95. The van der Waals surface area contributed by atoms with Crippen LogP contribution in [0.3, 0.4) is 0 Å². The largest absolute Gasteiger partial charge is 0.391 e. The van der Waals surface area contributed by atoms with Crippen molar-refractivity contribution >= 4 is 22.5 Å². The van der Waals surface area contributed by atoms with Gasteiger partial charge in [0, 0.05) is 48.5 Å². The molecule has 2 heterocycles. The highest BCUT2D eigenvalue weighted by atomic mass is 19.1. The molecule has 1 aliphatic heterocycles. The number of benzene rings is 2. The predicted molar refractivity (Wildman–Crippen MR) is 103 cm³/mol. The van der Waals surface area contributed by atoms with Crippen molar-refractivity contribution in [3.8, 4) is 0 Å². The lowest BCUT2D eigenvalue weighted by molar-refractivity contribution is -0.125. The van der Waals surface area contributed by atoms with Crippen LogP contribution in [0.5, 0.6) is 0 Å². The normalized spacial score (nSPS) is 17.1. The number of amides is 1. The molecule has 0 spiro atoms. The number of halogens is 1. The first-order valence-electron chi connectivity index (χ1n) is 9.04. The van der Waals surface area contributed by atoms with E-state index < -0.39 is 12.4 Å². The SMILES string of the molecule is Cn1cc(CN2CCC2C(=O)Nc2cccc(F)c2CO)c2ccccc21. The maximum absolute atomic E-state index is 13.8. The topological polar surface area (TPSA) is 57.5 Å². The number of aliphatic hydroxyl groups is 1. The molecular formula is C21H22FN3O2. The summed E-state index contributed by atoms with van der Waals surface area (Å²) < 4.78 is 15.9. The zero-order valence-corrected chi connectivity index (χ0v) is 15.2. The minimum absolute atomic E-state index is 0.116. The molecule has 4 rings (SSSR count). The van der Waals surface area contributed by atoms with Crippen molar-refractivity contribution in [1.29, 1.82) is 0 Å². The van der Waals surface area contributed by atoms with Crippen molar-refractivity contribution in [2.45, 2.75) is 25.6 Å². The fourth-order valence-electron chi connectivity index (χ4n) is 3.75. The van der Waals surface area contributed by atoms with Gasteiger partial charge in [-0.05, 0) is 30.2 Å². The Bertz CT molecular complexity index is 998. The van der Waals surface area contributed by atoms with Crippen LogP contribution in [0.1, 0.15) is 17.5 Å². The zero-order valence-electron chi connectivity index (χ0n) is 15.2. The number of nitrogens with zero attached hydrogens (tertiary/aromatic N) is 2.